The molecule has 25 heavy (non-hydrogen) atoms. The van der Waals surface area contributed by atoms with Gasteiger partial charge in [0.05, 0.1) is 0 Å². The fraction of sp³-hybridized carbons (Fsp3) is 0.167. The van der Waals surface area contributed by atoms with Crippen LogP contribution in [0.4, 0.5) is 0 Å². The van der Waals surface area contributed by atoms with Crippen molar-refractivity contribution in [1.29, 1.82) is 0 Å². The van der Waals surface area contributed by atoms with Gasteiger partial charge >= 0.3 is 0 Å². The molecule has 0 unspecified atom stereocenters. The number of halogens is 1. The first kappa shape index (κ1) is 17.5. The predicted octanol–water partition coefficient (Wildman–Crippen LogP) is 4.31. The summed E-state index contributed by atoms with van der Waals surface area (Å²) in [5.74, 6) is 0.327. The lowest BCUT2D eigenvalue weighted by atomic mass is 10.1. The van der Waals surface area contributed by atoms with Gasteiger partial charge in [-0.15, -0.1) is 10.2 Å². The molecule has 0 aliphatic carbocycles. The number of carbonyl (C=O) groups is 1. The number of benzene rings is 2. The van der Waals surface area contributed by atoms with E-state index in [1.54, 1.807) is 31.1 Å². The van der Waals surface area contributed by atoms with Gasteiger partial charge in [0.1, 0.15) is 5.25 Å². The van der Waals surface area contributed by atoms with E-state index in [-0.39, 0.29) is 5.91 Å². The van der Waals surface area contributed by atoms with Gasteiger partial charge in [-0.25, -0.2) is 0 Å². The highest BCUT2D eigenvalue weighted by Gasteiger charge is 2.26. The number of aromatic nitrogens is 2. The zero-order chi connectivity index (χ0) is 17.8. The minimum atomic E-state index is -0.455. The minimum Gasteiger partial charge on any atom is -0.411 e. The van der Waals surface area contributed by atoms with Crippen molar-refractivity contribution in [2.75, 3.05) is 14.1 Å². The largest absolute Gasteiger partial charge is 0.411 e. The molecule has 0 spiro atoms. The Hall–Kier alpha value is -2.31. The van der Waals surface area contributed by atoms with Crippen molar-refractivity contribution >= 4 is 29.3 Å². The SMILES string of the molecule is CN(C)C(=O)[C@@H](Sc1nnc(-c2cccc(Cl)c2)o1)c1ccccc1. The lowest BCUT2D eigenvalue weighted by Crippen LogP contribution is -2.26. The highest BCUT2D eigenvalue weighted by molar-refractivity contribution is 8.00. The molecule has 0 saturated heterocycles. The average molecular weight is 374 g/mol. The van der Waals surface area contributed by atoms with E-state index in [0.29, 0.717) is 16.1 Å². The molecule has 5 nitrogen and oxygen atoms in total. The van der Waals surface area contributed by atoms with Crippen LogP contribution in [0.15, 0.2) is 64.2 Å². The van der Waals surface area contributed by atoms with Crippen molar-refractivity contribution in [3.8, 4) is 11.5 Å². The van der Waals surface area contributed by atoms with Crippen molar-refractivity contribution in [3.05, 3.63) is 65.2 Å². The highest BCUT2D eigenvalue weighted by Crippen LogP contribution is 2.36. The minimum absolute atomic E-state index is 0.0429. The first-order valence-electron chi connectivity index (χ1n) is 7.57. The molecule has 1 amide bonds. The number of nitrogens with zero attached hydrogens (tertiary/aromatic N) is 3. The maximum atomic E-state index is 12.6. The molecule has 0 fully saturated rings. The molecule has 7 heteroatoms. The van der Waals surface area contributed by atoms with Crippen LogP contribution in [0.2, 0.25) is 5.02 Å². The number of rotatable bonds is 5. The summed E-state index contributed by atoms with van der Waals surface area (Å²) in [6, 6.07) is 16.7. The van der Waals surface area contributed by atoms with Crippen LogP contribution in [0.1, 0.15) is 10.8 Å². The zero-order valence-electron chi connectivity index (χ0n) is 13.7. The molecule has 3 aromatic rings. The normalized spacial score (nSPS) is 12.0. The third kappa shape index (κ3) is 4.21. The molecule has 0 aliphatic heterocycles. The molecule has 0 radical (unpaired) electrons. The topological polar surface area (TPSA) is 59.2 Å². The quantitative estimate of drug-likeness (QED) is 0.623. The van der Waals surface area contributed by atoms with E-state index >= 15 is 0 Å². The summed E-state index contributed by atoms with van der Waals surface area (Å²) >= 11 is 7.23. The van der Waals surface area contributed by atoms with Gasteiger partial charge in [0.15, 0.2) is 0 Å². The standard InChI is InChI=1S/C18H16ClN3O2S/c1-22(2)17(23)15(12-7-4-3-5-8-12)25-18-21-20-16(24-18)13-9-6-10-14(19)11-13/h3-11,15H,1-2H3/t15-/m0/s1. The lowest BCUT2D eigenvalue weighted by molar-refractivity contribution is -0.128. The first-order valence-corrected chi connectivity index (χ1v) is 8.82. The van der Waals surface area contributed by atoms with Gasteiger partial charge in [-0.3, -0.25) is 4.79 Å². The molecule has 3 rings (SSSR count). The Kier molecular flexibility index (Phi) is 5.40. The summed E-state index contributed by atoms with van der Waals surface area (Å²) in [4.78, 5) is 14.1. The van der Waals surface area contributed by atoms with Gasteiger partial charge in [0.2, 0.25) is 11.8 Å². The van der Waals surface area contributed by atoms with E-state index in [9.17, 15) is 4.79 Å². The number of carbonyl (C=O) groups excluding carboxylic acids is 1. The summed E-state index contributed by atoms with van der Waals surface area (Å²) in [6.45, 7) is 0. The van der Waals surface area contributed by atoms with Crippen LogP contribution in [-0.4, -0.2) is 35.1 Å². The molecule has 0 N–H and O–H groups in total. The van der Waals surface area contributed by atoms with Gasteiger partial charge in [-0.05, 0) is 35.5 Å². The first-order chi connectivity index (χ1) is 12.0. The second-order valence-electron chi connectivity index (χ2n) is 5.52. The van der Waals surface area contributed by atoms with Crippen molar-refractivity contribution < 1.29 is 9.21 Å². The Labute approximate surface area is 155 Å². The Balaban J connectivity index is 1.87. The van der Waals surface area contributed by atoms with Crippen molar-refractivity contribution in [2.24, 2.45) is 0 Å². The monoisotopic (exact) mass is 373 g/mol. The molecule has 0 saturated carbocycles. The van der Waals surface area contributed by atoms with Crippen LogP contribution in [-0.2, 0) is 4.79 Å². The maximum Gasteiger partial charge on any atom is 0.277 e. The van der Waals surface area contributed by atoms with Crippen molar-refractivity contribution in [1.82, 2.24) is 15.1 Å². The molecular weight excluding hydrogens is 358 g/mol. The van der Waals surface area contributed by atoms with Crippen LogP contribution < -0.4 is 0 Å². The number of thioether (sulfide) groups is 1. The average Bonchev–Trinajstić information content (AvgIpc) is 3.08. The Morgan fingerprint density at radius 2 is 1.88 bits per heavy atom. The van der Waals surface area contributed by atoms with Gasteiger partial charge in [-0.2, -0.15) is 0 Å². The third-order valence-electron chi connectivity index (χ3n) is 3.46. The second-order valence-corrected chi connectivity index (χ2v) is 7.02. The van der Waals surface area contributed by atoms with E-state index in [2.05, 4.69) is 10.2 Å². The van der Waals surface area contributed by atoms with E-state index in [4.69, 9.17) is 16.0 Å². The predicted molar refractivity (Wildman–Crippen MR) is 98.5 cm³/mol. The molecule has 128 valence electrons. The van der Waals surface area contributed by atoms with Gasteiger partial charge in [-0.1, -0.05) is 48.0 Å². The van der Waals surface area contributed by atoms with Crippen molar-refractivity contribution in [2.45, 2.75) is 10.5 Å². The van der Waals surface area contributed by atoms with Crippen LogP contribution in [0.3, 0.4) is 0 Å². The van der Waals surface area contributed by atoms with Gasteiger partial charge < -0.3 is 9.32 Å². The summed E-state index contributed by atoms with van der Waals surface area (Å²) in [5, 5.41) is 8.59. The Morgan fingerprint density at radius 3 is 2.56 bits per heavy atom. The molecule has 1 aromatic heterocycles. The smallest absolute Gasteiger partial charge is 0.277 e. The summed E-state index contributed by atoms with van der Waals surface area (Å²) in [7, 11) is 3.45. The molecule has 1 heterocycles. The molecule has 2 aromatic carbocycles. The van der Waals surface area contributed by atoms with Gasteiger partial charge in [0, 0.05) is 24.7 Å². The van der Waals surface area contributed by atoms with Gasteiger partial charge in [0.25, 0.3) is 5.22 Å². The fourth-order valence-electron chi connectivity index (χ4n) is 2.22. The van der Waals surface area contributed by atoms with Crippen LogP contribution in [0, 0.1) is 0 Å². The number of amides is 1. The molecular formula is C18H16ClN3O2S. The number of likely N-dealkylation sites (N-methyl/N-ethyl adjacent to an activating group) is 1. The number of hydrogen-bond acceptors (Lipinski definition) is 5. The fourth-order valence-corrected chi connectivity index (χ4v) is 3.43. The highest BCUT2D eigenvalue weighted by atomic mass is 35.5. The molecule has 0 bridgehead atoms. The Bertz CT molecular complexity index is 868. The number of hydrogen-bond donors (Lipinski definition) is 0. The van der Waals surface area contributed by atoms with E-state index in [1.165, 1.54) is 11.8 Å². The van der Waals surface area contributed by atoms with E-state index < -0.39 is 5.25 Å². The van der Waals surface area contributed by atoms with Crippen LogP contribution >= 0.6 is 23.4 Å². The Morgan fingerprint density at radius 1 is 1.12 bits per heavy atom. The van der Waals surface area contributed by atoms with E-state index in [0.717, 1.165) is 11.1 Å². The van der Waals surface area contributed by atoms with Crippen molar-refractivity contribution in [3.63, 3.8) is 0 Å². The van der Waals surface area contributed by atoms with E-state index in [1.807, 2.05) is 42.5 Å². The summed E-state index contributed by atoms with van der Waals surface area (Å²) < 4.78 is 5.72. The lowest BCUT2D eigenvalue weighted by Gasteiger charge is -2.18. The second kappa shape index (κ2) is 7.72. The summed E-state index contributed by atoms with van der Waals surface area (Å²) in [6.07, 6.45) is 0. The zero-order valence-corrected chi connectivity index (χ0v) is 15.3. The third-order valence-corrected chi connectivity index (χ3v) is 4.78. The summed E-state index contributed by atoms with van der Waals surface area (Å²) in [5.41, 5.74) is 1.62. The van der Waals surface area contributed by atoms with Crippen LogP contribution in [0.5, 0.6) is 0 Å². The maximum absolute atomic E-state index is 12.6. The molecule has 0 aliphatic rings. The molecule has 1 atom stereocenters. The van der Waals surface area contributed by atoms with Crippen LogP contribution in [0.25, 0.3) is 11.5 Å².